The number of carbonyl (C=O) groups is 3. The van der Waals surface area contributed by atoms with Crippen LogP contribution in [0, 0.1) is 0 Å². The largest absolute Gasteiger partial charge is 0.452 e. The number of hydrogen-bond donors (Lipinski definition) is 2. The molecular formula is C19H16Cl2N2O4S. The van der Waals surface area contributed by atoms with Gasteiger partial charge in [0.15, 0.2) is 6.61 Å². The van der Waals surface area contributed by atoms with Crippen molar-refractivity contribution in [3.05, 3.63) is 55.9 Å². The lowest BCUT2D eigenvalue weighted by atomic mass is 10.1. The molecular weight excluding hydrogens is 423 g/mol. The molecule has 2 amide bonds. The number of fused-ring (bicyclic) bond motifs is 1. The van der Waals surface area contributed by atoms with Crippen molar-refractivity contribution in [2.24, 2.45) is 5.73 Å². The predicted molar refractivity (Wildman–Crippen MR) is 110 cm³/mol. The summed E-state index contributed by atoms with van der Waals surface area (Å²) >= 11 is 13.3. The number of anilines is 1. The number of amides is 2. The van der Waals surface area contributed by atoms with Gasteiger partial charge in [0.05, 0.1) is 15.6 Å². The number of esters is 1. The number of benzene rings is 1. The summed E-state index contributed by atoms with van der Waals surface area (Å²) in [6, 6.07) is 5.01. The number of nitrogens with one attached hydrogen (secondary N) is 1. The second-order valence-corrected chi connectivity index (χ2v) is 7.95. The zero-order valence-electron chi connectivity index (χ0n) is 14.6. The smallest absolute Gasteiger partial charge is 0.331 e. The maximum absolute atomic E-state index is 12.1. The molecule has 1 aliphatic carbocycles. The normalized spacial score (nSPS) is 12.8. The Kier molecular flexibility index (Phi) is 6.39. The van der Waals surface area contributed by atoms with Crippen LogP contribution in [0.25, 0.3) is 6.08 Å². The summed E-state index contributed by atoms with van der Waals surface area (Å²) in [4.78, 5) is 36.7. The minimum absolute atomic E-state index is 0.315. The van der Waals surface area contributed by atoms with Gasteiger partial charge in [-0.2, -0.15) is 0 Å². The SMILES string of the molecule is NC(=O)c1c(NC(=O)COC(=O)/C=C/c2cccc(Cl)c2Cl)sc2c1CCC2. The Morgan fingerprint density at radius 3 is 2.79 bits per heavy atom. The Morgan fingerprint density at radius 2 is 2.04 bits per heavy atom. The van der Waals surface area contributed by atoms with E-state index >= 15 is 0 Å². The molecule has 1 aromatic carbocycles. The van der Waals surface area contributed by atoms with Crippen LogP contribution >= 0.6 is 34.5 Å². The molecule has 0 aliphatic heterocycles. The van der Waals surface area contributed by atoms with Crippen LogP contribution in [0.5, 0.6) is 0 Å². The number of primary amides is 1. The molecule has 1 aromatic heterocycles. The maximum Gasteiger partial charge on any atom is 0.331 e. The van der Waals surface area contributed by atoms with E-state index in [-0.39, 0.29) is 0 Å². The van der Waals surface area contributed by atoms with Gasteiger partial charge in [0.1, 0.15) is 5.00 Å². The van der Waals surface area contributed by atoms with Crippen LogP contribution in [0.1, 0.15) is 32.8 Å². The van der Waals surface area contributed by atoms with Gasteiger partial charge in [-0.05, 0) is 42.5 Å². The van der Waals surface area contributed by atoms with E-state index in [1.54, 1.807) is 18.2 Å². The van der Waals surface area contributed by atoms with E-state index < -0.39 is 24.4 Å². The Bertz CT molecular complexity index is 985. The van der Waals surface area contributed by atoms with Crippen molar-refractivity contribution in [3.8, 4) is 0 Å². The lowest BCUT2D eigenvalue weighted by molar-refractivity contribution is -0.142. The van der Waals surface area contributed by atoms with Gasteiger partial charge in [0, 0.05) is 11.0 Å². The average molecular weight is 439 g/mol. The molecule has 9 heteroatoms. The third kappa shape index (κ3) is 4.55. The molecule has 1 heterocycles. The number of hydrogen-bond acceptors (Lipinski definition) is 5. The second kappa shape index (κ2) is 8.77. The van der Waals surface area contributed by atoms with E-state index in [9.17, 15) is 14.4 Å². The van der Waals surface area contributed by atoms with Crippen LogP contribution in [0.4, 0.5) is 5.00 Å². The number of rotatable bonds is 6. The summed E-state index contributed by atoms with van der Waals surface area (Å²) in [5, 5.41) is 3.69. The lowest BCUT2D eigenvalue weighted by Crippen LogP contribution is -2.22. The number of thiophene rings is 1. The van der Waals surface area contributed by atoms with Crippen LogP contribution in [0.3, 0.4) is 0 Å². The van der Waals surface area contributed by atoms with Crippen molar-refractivity contribution in [2.45, 2.75) is 19.3 Å². The lowest BCUT2D eigenvalue weighted by Gasteiger charge is -2.06. The van der Waals surface area contributed by atoms with Crippen molar-refractivity contribution < 1.29 is 19.1 Å². The first-order chi connectivity index (χ1) is 13.4. The van der Waals surface area contributed by atoms with Gasteiger partial charge in [-0.1, -0.05) is 35.3 Å². The molecule has 0 atom stereocenters. The summed E-state index contributed by atoms with van der Waals surface area (Å²) in [6.07, 6.45) is 5.20. The predicted octanol–water partition coefficient (Wildman–Crippen LogP) is 3.84. The average Bonchev–Trinajstić information content (AvgIpc) is 3.21. The van der Waals surface area contributed by atoms with Crippen LogP contribution in [0.2, 0.25) is 10.0 Å². The van der Waals surface area contributed by atoms with Gasteiger partial charge in [0.25, 0.3) is 11.8 Å². The van der Waals surface area contributed by atoms with E-state index in [0.29, 0.717) is 26.2 Å². The monoisotopic (exact) mass is 438 g/mol. The second-order valence-electron chi connectivity index (χ2n) is 6.06. The van der Waals surface area contributed by atoms with Crippen molar-refractivity contribution in [1.82, 2.24) is 0 Å². The Hall–Kier alpha value is -2.35. The Morgan fingerprint density at radius 1 is 1.25 bits per heavy atom. The molecule has 0 saturated heterocycles. The molecule has 146 valence electrons. The standard InChI is InChI=1S/C19H16Cl2N2O4S/c20-12-5-1-3-10(17(12)21)7-8-15(25)27-9-14(24)23-19-16(18(22)26)11-4-2-6-13(11)28-19/h1,3,5,7-8H,2,4,6,9H2,(H2,22,26)(H,23,24)/b8-7+. The third-order valence-corrected chi connectivity index (χ3v) is 6.19. The first kappa shape index (κ1) is 20.4. The van der Waals surface area contributed by atoms with Gasteiger partial charge in [-0.3, -0.25) is 9.59 Å². The number of carbonyl (C=O) groups excluding carboxylic acids is 3. The van der Waals surface area contributed by atoms with Crippen LogP contribution in [0.15, 0.2) is 24.3 Å². The topological polar surface area (TPSA) is 98.5 Å². The van der Waals surface area contributed by atoms with Gasteiger partial charge in [-0.15, -0.1) is 11.3 Å². The molecule has 0 radical (unpaired) electrons. The fourth-order valence-electron chi connectivity index (χ4n) is 2.91. The van der Waals surface area contributed by atoms with E-state index in [2.05, 4.69) is 5.32 Å². The highest BCUT2D eigenvalue weighted by atomic mass is 35.5. The Labute approximate surface area is 175 Å². The molecule has 1 aliphatic rings. The molecule has 0 bridgehead atoms. The molecule has 0 fully saturated rings. The maximum atomic E-state index is 12.1. The van der Waals surface area contributed by atoms with Crippen LogP contribution in [-0.2, 0) is 27.2 Å². The molecule has 0 spiro atoms. The molecule has 3 N–H and O–H groups in total. The molecule has 3 rings (SSSR count). The minimum atomic E-state index is -0.713. The third-order valence-electron chi connectivity index (χ3n) is 4.15. The number of halogens is 2. The Balaban J connectivity index is 1.58. The summed E-state index contributed by atoms with van der Waals surface area (Å²) in [5.41, 5.74) is 7.26. The van der Waals surface area contributed by atoms with E-state index in [4.69, 9.17) is 33.7 Å². The summed E-state index contributed by atoms with van der Waals surface area (Å²) in [6.45, 7) is -0.493. The zero-order chi connectivity index (χ0) is 20.3. The highest BCUT2D eigenvalue weighted by Gasteiger charge is 2.26. The number of nitrogens with two attached hydrogens (primary N) is 1. The minimum Gasteiger partial charge on any atom is -0.452 e. The fraction of sp³-hybridized carbons (Fsp3) is 0.211. The van der Waals surface area contributed by atoms with Crippen molar-refractivity contribution in [3.63, 3.8) is 0 Å². The van der Waals surface area contributed by atoms with Crippen LogP contribution in [-0.4, -0.2) is 24.4 Å². The van der Waals surface area contributed by atoms with E-state index in [1.807, 2.05) is 0 Å². The van der Waals surface area contributed by atoms with Crippen molar-refractivity contribution in [1.29, 1.82) is 0 Å². The summed E-state index contributed by atoms with van der Waals surface area (Å²) in [7, 11) is 0. The van der Waals surface area contributed by atoms with Gasteiger partial charge < -0.3 is 15.8 Å². The number of ether oxygens (including phenoxy) is 1. The van der Waals surface area contributed by atoms with Gasteiger partial charge in [0.2, 0.25) is 0 Å². The highest BCUT2D eigenvalue weighted by molar-refractivity contribution is 7.17. The first-order valence-corrected chi connectivity index (χ1v) is 9.97. The molecule has 0 saturated carbocycles. The van der Waals surface area contributed by atoms with E-state index in [0.717, 1.165) is 35.8 Å². The number of aryl methyl sites for hydroxylation is 1. The summed E-state index contributed by atoms with van der Waals surface area (Å²) in [5.74, 6) is -1.84. The van der Waals surface area contributed by atoms with Crippen LogP contribution < -0.4 is 11.1 Å². The zero-order valence-corrected chi connectivity index (χ0v) is 16.9. The summed E-state index contributed by atoms with van der Waals surface area (Å²) < 4.78 is 4.92. The first-order valence-electron chi connectivity index (χ1n) is 8.40. The van der Waals surface area contributed by atoms with E-state index in [1.165, 1.54) is 17.4 Å². The fourth-order valence-corrected chi connectivity index (χ4v) is 4.59. The molecule has 28 heavy (non-hydrogen) atoms. The van der Waals surface area contributed by atoms with Gasteiger partial charge in [-0.25, -0.2) is 4.79 Å². The molecule has 2 aromatic rings. The van der Waals surface area contributed by atoms with Crippen molar-refractivity contribution in [2.75, 3.05) is 11.9 Å². The van der Waals surface area contributed by atoms with Crippen molar-refractivity contribution >= 4 is 63.4 Å². The van der Waals surface area contributed by atoms with Gasteiger partial charge >= 0.3 is 5.97 Å². The molecule has 6 nitrogen and oxygen atoms in total. The molecule has 0 unspecified atom stereocenters. The highest BCUT2D eigenvalue weighted by Crippen LogP contribution is 2.38. The quantitative estimate of drug-likeness (QED) is 0.528.